The number of anilines is 1. The second-order valence-corrected chi connectivity index (χ2v) is 8.74. The Kier molecular flexibility index (Phi) is 8.31. The molecule has 8 nitrogen and oxygen atoms in total. The smallest absolute Gasteiger partial charge is 0.416 e. The van der Waals surface area contributed by atoms with Crippen molar-refractivity contribution >= 4 is 27.3 Å². The highest BCUT2D eigenvalue weighted by atomic mass is 32.2. The number of benzene rings is 2. The third kappa shape index (κ3) is 6.85. The first-order chi connectivity index (χ1) is 15.4. The number of amides is 1. The highest BCUT2D eigenvalue weighted by molar-refractivity contribution is 7.92. The Hall–Kier alpha value is -3.28. The molecule has 1 amide bonds. The molecule has 2 rings (SSSR count). The van der Waals surface area contributed by atoms with Crippen LogP contribution >= 0.6 is 0 Å². The van der Waals surface area contributed by atoms with Crippen molar-refractivity contribution in [3.63, 3.8) is 0 Å². The lowest BCUT2D eigenvalue weighted by molar-refractivity contribution is -0.137. The summed E-state index contributed by atoms with van der Waals surface area (Å²) in [6.45, 7) is 1.04. The zero-order valence-corrected chi connectivity index (χ0v) is 19.2. The maximum Gasteiger partial charge on any atom is 0.416 e. The van der Waals surface area contributed by atoms with Crippen LogP contribution in [0.2, 0.25) is 0 Å². The van der Waals surface area contributed by atoms with Gasteiger partial charge in [0.1, 0.15) is 6.54 Å². The van der Waals surface area contributed by atoms with E-state index < -0.39 is 34.2 Å². The molecule has 0 spiro atoms. The minimum atomic E-state index is -4.67. The number of hydrazone groups is 1. The van der Waals surface area contributed by atoms with Crippen molar-refractivity contribution in [2.75, 3.05) is 31.3 Å². The Morgan fingerprint density at radius 3 is 2.30 bits per heavy atom. The Balaban J connectivity index is 2.26. The van der Waals surface area contributed by atoms with Gasteiger partial charge in [0.25, 0.3) is 5.91 Å². The number of sulfonamides is 1. The van der Waals surface area contributed by atoms with E-state index in [0.717, 1.165) is 18.4 Å². The second-order valence-electron chi connectivity index (χ2n) is 6.83. The van der Waals surface area contributed by atoms with Gasteiger partial charge in [-0.05, 0) is 42.8 Å². The summed E-state index contributed by atoms with van der Waals surface area (Å²) in [6, 6.07) is 8.76. The van der Waals surface area contributed by atoms with Gasteiger partial charge in [0, 0.05) is 5.56 Å². The van der Waals surface area contributed by atoms with Crippen molar-refractivity contribution in [2.45, 2.75) is 19.5 Å². The Morgan fingerprint density at radius 1 is 1.09 bits per heavy atom. The Labute approximate surface area is 190 Å². The van der Waals surface area contributed by atoms with Gasteiger partial charge < -0.3 is 9.47 Å². The highest BCUT2D eigenvalue weighted by Gasteiger charge is 2.32. The number of nitrogens with zero attached hydrogens (tertiary/aromatic N) is 2. The van der Waals surface area contributed by atoms with E-state index in [4.69, 9.17) is 9.47 Å². The van der Waals surface area contributed by atoms with Crippen molar-refractivity contribution in [3.05, 3.63) is 53.6 Å². The summed E-state index contributed by atoms with van der Waals surface area (Å²) in [6.07, 6.45) is -3.45. The molecule has 0 aliphatic carbocycles. The highest BCUT2D eigenvalue weighted by Crippen LogP contribution is 2.32. The van der Waals surface area contributed by atoms with E-state index in [9.17, 15) is 26.4 Å². The van der Waals surface area contributed by atoms with Gasteiger partial charge in [-0.2, -0.15) is 18.3 Å². The van der Waals surface area contributed by atoms with Crippen LogP contribution in [-0.4, -0.2) is 47.1 Å². The number of rotatable bonds is 9. The maximum absolute atomic E-state index is 13.0. The van der Waals surface area contributed by atoms with Crippen LogP contribution in [-0.2, 0) is 21.0 Å². The van der Waals surface area contributed by atoms with E-state index in [1.807, 2.05) is 0 Å². The lowest BCUT2D eigenvalue weighted by Gasteiger charge is -2.22. The van der Waals surface area contributed by atoms with E-state index in [1.54, 1.807) is 25.1 Å². The zero-order chi connectivity index (χ0) is 24.8. The lowest BCUT2D eigenvalue weighted by Crippen LogP contribution is -2.39. The number of alkyl halides is 3. The fraction of sp³-hybridized carbons (Fsp3) is 0.333. The van der Waals surface area contributed by atoms with E-state index in [0.29, 0.717) is 39.6 Å². The molecule has 0 saturated carbocycles. The molecule has 0 fully saturated rings. The summed E-state index contributed by atoms with van der Waals surface area (Å²) >= 11 is 0. The van der Waals surface area contributed by atoms with Crippen molar-refractivity contribution < 1.29 is 35.9 Å². The number of nitrogens with one attached hydrogen (secondary N) is 1. The van der Waals surface area contributed by atoms with Crippen LogP contribution in [0.3, 0.4) is 0 Å². The van der Waals surface area contributed by atoms with Gasteiger partial charge in [-0.3, -0.25) is 9.10 Å². The number of hydrogen-bond donors (Lipinski definition) is 1. The van der Waals surface area contributed by atoms with Gasteiger partial charge in [0.2, 0.25) is 10.0 Å². The number of carbonyl (C=O) groups is 1. The van der Waals surface area contributed by atoms with Crippen LogP contribution < -0.4 is 19.2 Å². The molecule has 2 aromatic carbocycles. The molecule has 1 N–H and O–H groups in total. The molecule has 0 bridgehead atoms. The monoisotopic (exact) mass is 487 g/mol. The molecule has 0 aliphatic heterocycles. The van der Waals surface area contributed by atoms with Crippen LogP contribution in [0, 0.1) is 0 Å². The SMILES string of the molecule is CC/C(=N/NC(=O)CN(c1cccc(C(F)(F)F)c1)S(C)(=O)=O)c1ccc(OC)c(OC)c1. The first-order valence-electron chi connectivity index (χ1n) is 9.63. The summed E-state index contributed by atoms with van der Waals surface area (Å²) in [5, 5.41) is 4.05. The van der Waals surface area contributed by atoms with Crippen molar-refractivity contribution in [1.82, 2.24) is 5.43 Å². The van der Waals surface area contributed by atoms with Gasteiger partial charge in [0.15, 0.2) is 11.5 Å². The number of ether oxygens (including phenoxy) is 2. The molecule has 0 heterocycles. The number of methoxy groups -OCH3 is 2. The van der Waals surface area contributed by atoms with Gasteiger partial charge in [-0.25, -0.2) is 13.8 Å². The molecule has 2 aromatic rings. The van der Waals surface area contributed by atoms with Crippen LogP contribution in [0.4, 0.5) is 18.9 Å². The molecule has 180 valence electrons. The largest absolute Gasteiger partial charge is 0.493 e. The molecule has 0 saturated heterocycles. The second kappa shape index (κ2) is 10.6. The van der Waals surface area contributed by atoms with Crippen molar-refractivity contribution in [1.29, 1.82) is 0 Å². The molecule has 33 heavy (non-hydrogen) atoms. The molecule has 12 heteroatoms. The fourth-order valence-corrected chi connectivity index (χ4v) is 3.74. The van der Waals surface area contributed by atoms with E-state index in [1.165, 1.54) is 20.3 Å². The van der Waals surface area contributed by atoms with Gasteiger partial charge in [-0.1, -0.05) is 13.0 Å². The quantitative estimate of drug-likeness (QED) is 0.432. The zero-order valence-electron chi connectivity index (χ0n) is 18.4. The first kappa shape index (κ1) is 26.0. The van der Waals surface area contributed by atoms with Crippen molar-refractivity contribution in [2.24, 2.45) is 5.10 Å². The number of halogens is 3. The minimum Gasteiger partial charge on any atom is -0.493 e. The molecular formula is C21H24F3N3O5S. The average molecular weight is 488 g/mol. The summed E-state index contributed by atoms with van der Waals surface area (Å²) < 4.78 is 74.4. The lowest BCUT2D eigenvalue weighted by atomic mass is 10.1. The van der Waals surface area contributed by atoms with Gasteiger partial charge >= 0.3 is 6.18 Å². The van der Waals surface area contributed by atoms with E-state index in [-0.39, 0.29) is 5.69 Å². The van der Waals surface area contributed by atoms with Crippen LogP contribution in [0.1, 0.15) is 24.5 Å². The molecular weight excluding hydrogens is 463 g/mol. The molecule has 0 aromatic heterocycles. The molecule has 0 atom stereocenters. The first-order valence-corrected chi connectivity index (χ1v) is 11.5. The topological polar surface area (TPSA) is 97.3 Å². The third-order valence-corrected chi connectivity index (χ3v) is 5.66. The standard InChI is InChI=1S/C21H24F3N3O5S/c1-5-17(14-9-10-18(31-2)19(11-14)32-3)25-26-20(28)13-27(33(4,29)30)16-8-6-7-15(12-16)21(22,23)24/h6-12H,5,13H2,1-4H3,(H,26,28)/b25-17-. The predicted molar refractivity (Wildman–Crippen MR) is 118 cm³/mol. The fourth-order valence-electron chi connectivity index (χ4n) is 2.90. The van der Waals surface area contributed by atoms with Crippen LogP contribution in [0.25, 0.3) is 0 Å². The number of carbonyl (C=O) groups excluding carboxylic acids is 1. The van der Waals surface area contributed by atoms with E-state index >= 15 is 0 Å². The molecule has 0 unspecified atom stereocenters. The summed E-state index contributed by atoms with van der Waals surface area (Å²) in [7, 11) is -1.10. The maximum atomic E-state index is 13.0. The van der Waals surface area contributed by atoms with Gasteiger partial charge in [-0.15, -0.1) is 0 Å². The minimum absolute atomic E-state index is 0.290. The number of hydrogen-bond acceptors (Lipinski definition) is 6. The Bertz CT molecular complexity index is 1130. The van der Waals surface area contributed by atoms with Crippen LogP contribution in [0.15, 0.2) is 47.6 Å². The third-order valence-electron chi connectivity index (χ3n) is 4.52. The molecule has 0 aliphatic rings. The summed E-state index contributed by atoms with van der Waals surface area (Å²) in [4.78, 5) is 12.4. The van der Waals surface area contributed by atoms with Gasteiger partial charge in [0.05, 0.1) is 37.4 Å². The van der Waals surface area contributed by atoms with Crippen LogP contribution in [0.5, 0.6) is 11.5 Å². The van der Waals surface area contributed by atoms with E-state index in [2.05, 4.69) is 10.5 Å². The predicted octanol–water partition coefficient (Wildman–Crippen LogP) is 3.42. The molecule has 0 radical (unpaired) electrons. The summed E-state index contributed by atoms with van der Waals surface area (Å²) in [5.74, 6) is 0.130. The normalized spacial score (nSPS) is 12.3. The average Bonchev–Trinajstić information content (AvgIpc) is 2.76. The Morgan fingerprint density at radius 2 is 1.76 bits per heavy atom. The summed E-state index contributed by atoms with van der Waals surface area (Å²) in [5.41, 5.74) is 2.04. The van der Waals surface area contributed by atoms with Crippen molar-refractivity contribution in [3.8, 4) is 11.5 Å².